The first-order valence-electron chi connectivity index (χ1n) is 7.72. The van der Waals surface area contributed by atoms with Gasteiger partial charge in [0.25, 0.3) is 5.91 Å². The van der Waals surface area contributed by atoms with E-state index in [-0.39, 0.29) is 18.6 Å². The zero-order chi connectivity index (χ0) is 15.2. The third-order valence-corrected chi connectivity index (χ3v) is 4.02. The highest BCUT2D eigenvalue weighted by atomic mass is 16.5. The Hall–Kier alpha value is -1.55. The average Bonchev–Trinajstić information content (AvgIpc) is 2.89. The van der Waals surface area contributed by atoms with Crippen LogP contribution in [0.3, 0.4) is 0 Å². The van der Waals surface area contributed by atoms with Crippen LogP contribution in [-0.4, -0.2) is 30.3 Å². The lowest BCUT2D eigenvalue weighted by atomic mass is 10.0. The Kier molecular flexibility index (Phi) is 5.62. The molecule has 0 aromatic heterocycles. The zero-order valence-electron chi connectivity index (χ0n) is 12.8. The SMILES string of the molecule is CC(C)c1ccc(OCC(=O)NCC2CCC(O)C2)cc1. The second kappa shape index (κ2) is 7.46. The number of carbonyl (C=O) groups excluding carboxylic acids is 1. The molecule has 1 amide bonds. The molecule has 2 atom stereocenters. The predicted octanol–water partition coefficient (Wildman–Crippen LogP) is 2.47. The van der Waals surface area contributed by atoms with Crippen LogP contribution in [0.25, 0.3) is 0 Å². The van der Waals surface area contributed by atoms with Gasteiger partial charge >= 0.3 is 0 Å². The van der Waals surface area contributed by atoms with Crippen LogP contribution >= 0.6 is 0 Å². The van der Waals surface area contributed by atoms with Gasteiger partial charge in [-0.25, -0.2) is 0 Å². The van der Waals surface area contributed by atoms with E-state index >= 15 is 0 Å². The average molecular weight is 291 g/mol. The number of rotatable bonds is 6. The van der Waals surface area contributed by atoms with Crippen molar-refractivity contribution < 1.29 is 14.6 Å². The van der Waals surface area contributed by atoms with Crippen LogP contribution < -0.4 is 10.1 Å². The number of amides is 1. The van der Waals surface area contributed by atoms with Gasteiger partial charge in [0, 0.05) is 6.54 Å². The molecule has 2 rings (SSSR count). The molecule has 0 radical (unpaired) electrons. The van der Waals surface area contributed by atoms with Crippen molar-refractivity contribution in [1.82, 2.24) is 5.32 Å². The second-order valence-corrected chi connectivity index (χ2v) is 6.15. The standard InChI is InChI=1S/C17H25NO3/c1-12(2)14-4-7-16(8-5-14)21-11-17(20)18-10-13-3-6-15(19)9-13/h4-5,7-8,12-13,15,19H,3,6,9-11H2,1-2H3,(H,18,20). The summed E-state index contributed by atoms with van der Waals surface area (Å²) >= 11 is 0. The molecule has 2 unspecified atom stereocenters. The number of aliphatic hydroxyl groups is 1. The normalized spacial score (nSPS) is 21.5. The molecular weight excluding hydrogens is 266 g/mol. The highest BCUT2D eigenvalue weighted by molar-refractivity contribution is 5.77. The quantitative estimate of drug-likeness (QED) is 0.846. The van der Waals surface area contributed by atoms with Crippen molar-refractivity contribution in [2.24, 2.45) is 5.92 Å². The molecule has 21 heavy (non-hydrogen) atoms. The molecule has 1 fully saturated rings. The topological polar surface area (TPSA) is 58.6 Å². The Balaban J connectivity index is 1.68. The van der Waals surface area contributed by atoms with Crippen LogP contribution in [0.15, 0.2) is 24.3 Å². The van der Waals surface area contributed by atoms with E-state index in [0.717, 1.165) is 19.3 Å². The Bertz CT molecular complexity index is 456. The van der Waals surface area contributed by atoms with E-state index in [0.29, 0.717) is 24.1 Å². The van der Waals surface area contributed by atoms with Crippen molar-refractivity contribution in [3.63, 3.8) is 0 Å². The molecule has 1 aliphatic carbocycles. The minimum atomic E-state index is -0.192. The molecular formula is C17H25NO3. The molecule has 2 N–H and O–H groups in total. The molecule has 4 nitrogen and oxygen atoms in total. The lowest BCUT2D eigenvalue weighted by molar-refractivity contribution is -0.123. The van der Waals surface area contributed by atoms with Crippen LogP contribution in [0, 0.1) is 5.92 Å². The number of carbonyl (C=O) groups is 1. The van der Waals surface area contributed by atoms with E-state index in [9.17, 15) is 9.90 Å². The molecule has 1 aromatic carbocycles. The fourth-order valence-electron chi connectivity index (χ4n) is 2.64. The van der Waals surface area contributed by atoms with Crippen LogP contribution in [0.1, 0.15) is 44.6 Å². The summed E-state index contributed by atoms with van der Waals surface area (Å²) in [6.45, 7) is 4.95. The molecule has 0 aliphatic heterocycles. The smallest absolute Gasteiger partial charge is 0.257 e. The maximum Gasteiger partial charge on any atom is 0.257 e. The summed E-state index contributed by atoms with van der Waals surface area (Å²) in [6, 6.07) is 7.85. The zero-order valence-corrected chi connectivity index (χ0v) is 12.8. The van der Waals surface area contributed by atoms with Gasteiger partial charge in [-0.05, 0) is 48.8 Å². The summed E-state index contributed by atoms with van der Waals surface area (Å²) < 4.78 is 5.48. The van der Waals surface area contributed by atoms with E-state index in [4.69, 9.17) is 4.74 Å². The number of hydrogen-bond donors (Lipinski definition) is 2. The Morgan fingerprint density at radius 3 is 2.62 bits per heavy atom. The Morgan fingerprint density at radius 1 is 1.33 bits per heavy atom. The molecule has 0 bridgehead atoms. The minimum Gasteiger partial charge on any atom is -0.484 e. The lowest BCUT2D eigenvalue weighted by Gasteiger charge is -2.12. The van der Waals surface area contributed by atoms with Gasteiger partial charge in [0.15, 0.2) is 6.61 Å². The van der Waals surface area contributed by atoms with E-state index in [1.54, 1.807) is 0 Å². The lowest BCUT2D eigenvalue weighted by Crippen LogP contribution is -2.32. The van der Waals surface area contributed by atoms with Gasteiger partial charge in [0.05, 0.1) is 6.10 Å². The van der Waals surface area contributed by atoms with Crippen LogP contribution in [-0.2, 0) is 4.79 Å². The van der Waals surface area contributed by atoms with Crippen molar-refractivity contribution in [1.29, 1.82) is 0 Å². The summed E-state index contributed by atoms with van der Waals surface area (Å²) in [6.07, 6.45) is 2.43. The van der Waals surface area contributed by atoms with E-state index < -0.39 is 0 Å². The Labute approximate surface area is 126 Å². The van der Waals surface area contributed by atoms with E-state index in [1.807, 2.05) is 24.3 Å². The first kappa shape index (κ1) is 15.8. The third kappa shape index (κ3) is 5.05. The highest BCUT2D eigenvalue weighted by Crippen LogP contribution is 2.24. The fraction of sp³-hybridized carbons (Fsp3) is 0.588. The predicted molar refractivity (Wildman–Crippen MR) is 82.4 cm³/mol. The number of hydrogen-bond acceptors (Lipinski definition) is 3. The maximum absolute atomic E-state index is 11.7. The minimum absolute atomic E-state index is 0.0380. The number of ether oxygens (including phenoxy) is 1. The van der Waals surface area contributed by atoms with Gasteiger partial charge in [-0.2, -0.15) is 0 Å². The summed E-state index contributed by atoms with van der Waals surface area (Å²) in [5.41, 5.74) is 1.26. The van der Waals surface area contributed by atoms with Gasteiger partial charge in [0.1, 0.15) is 5.75 Å². The largest absolute Gasteiger partial charge is 0.484 e. The van der Waals surface area contributed by atoms with Crippen LogP contribution in [0.2, 0.25) is 0 Å². The fourth-order valence-corrected chi connectivity index (χ4v) is 2.64. The van der Waals surface area contributed by atoms with Gasteiger partial charge in [-0.15, -0.1) is 0 Å². The monoisotopic (exact) mass is 291 g/mol. The highest BCUT2D eigenvalue weighted by Gasteiger charge is 2.22. The van der Waals surface area contributed by atoms with Crippen LogP contribution in [0.4, 0.5) is 0 Å². The van der Waals surface area contributed by atoms with Crippen molar-refractivity contribution in [3.8, 4) is 5.75 Å². The third-order valence-electron chi connectivity index (χ3n) is 4.02. The maximum atomic E-state index is 11.7. The first-order chi connectivity index (χ1) is 10.0. The summed E-state index contributed by atoms with van der Waals surface area (Å²) in [5, 5.41) is 12.3. The van der Waals surface area contributed by atoms with Crippen molar-refractivity contribution in [2.75, 3.05) is 13.2 Å². The van der Waals surface area contributed by atoms with Gasteiger partial charge in [0.2, 0.25) is 0 Å². The van der Waals surface area contributed by atoms with E-state index in [1.165, 1.54) is 5.56 Å². The van der Waals surface area contributed by atoms with Gasteiger partial charge < -0.3 is 15.2 Å². The molecule has 0 saturated heterocycles. The molecule has 1 aromatic rings. The van der Waals surface area contributed by atoms with Crippen molar-refractivity contribution in [3.05, 3.63) is 29.8 Å². The first-order valence-corrected chi connectivity index (χ1v) is 7.72. The second-order valence-electron chi connectivity index (χ2n) is 6.15. The Morgan fingerprint density at radius 2 is 2.05 bits per heavy atom. The van der Waals surface area contributed by atoms with Gasteiger partial charge in [-0.3, -0.25) is 4.79 Å². The van der Waals surface area contributed by atoms with E-state index in [2.05, 4.69) is 19.2 Å². The van der Waals surface area contributed by atoms with Crippen molar-refractivity contribution in [2.45, 2.75) is 45.1 Å². The molecule has 0 spiro atoms. The number of nitrogens with one attached hydrogen (secondary N) is 1. The summed E-state index contributed by atoms with van der Waals surface area (Å²) in [5.74, 6) is 1.49. The van der Waals surface area contributed by atoms with Gasteiger partial charge in [-0.1, -0.05) is 26.0 Å². The molecule has 1 aliphatic rings. The molecule has 1 saturated carbocycles. The molecule has 4 heteroatoms. The number of aliphatic hydroxyl groups excluding tert-OH is 1. The summed E-state index contributed by atoms with van der Waals surface area (Å²) in [7, 11) is 0. The molecule has 0 heterocycles. The number of benzene rings is 1. The summed E-state index contributed by atoms with van der Waals surface area (Å²) in [4.78, 5) is 11.7. The van der Waals surface area contributed by atoms with Crippen LogP contribution in [0.5, 0.6) is 5.75 Å². The van der Waals surface area contributed by atoms with Crippen molar-refractivity contribution >= 4 is 5.91 Å². The molecule has 116 valence electrons.